The predicted octanol–water partition coefficient (Wildman–Crippen LogP) is 10.7. The highest BCUT2D eigenvalue weighted by atomic mass is 14.6. The van der Waals surface area contributed by atoms with Crippen LogP contribution in [0.1, 0.15) is 140 Å². The van der Waals surface area contributed by atoms with Crippen LogP contribution in [-0.4, -0.2) is 7.05 Å². The molecule has 5 N–H and O–H groups in total. The van der Waals surface area contributed by atoms with Crippen molar-refractivity contribution in [3.05, 3.63) is 11.6 Å². The van der Waals surface area contributed by atoms with Gasteiger partial charge in [0.15, 0.2) is 0 Å². The zero-order valence-electron chi connectivity index (χ0n) is 28.1. The van der Waals surface area contributed by atoms with Crippen LogP contribution in [0.3, 0.4) is 0 Å². The van der Waals surface area contributed by atoms with E-state index in [0.29, 0.717) is 16.7 Å². The molecule has 2 nitrogen and oxygen atoms in total. The molecule has 38 heavy (non-hydrogen) atoms. The Morgan fingerprint density at radius 3 is 2.16 bits per heavy atom. The van der Waals surface area contributed by atoms with Crippen LogP contribution in [0.25, 0.3) is 0 Å². The molecule has 0 radical (unpaired) electrons. The maximum atomic E-state index is 4.50. The highest BCUT2D eigenvalue weighted by molar-refractivity contribution is 5.25. The van der Waals surface area contributed by atoms with Crippen molar-refractivity contribution in [3.8, 4) is 11.8 Å². The second-order valence-electron chi connectivity index (χ2n) is 13.1. The van der Waals surface area contributed by atoms with E-state index in [0.717, 1.165) is 47.8 Å². The van der Waals surface area contributed by atoms with Crippen molar-refractivity contribution >= 4 is 0 Å². The molecule has 0 heterocycles. The fourth-order valence-corrected chi connectivity index (χ4v) is 9.14. The largest absolute Gasteiger partial charge is 0.344 e. The van der Waals surface area contributed by atoms with Crippen molar-refractivity contribution in [2.45, 2.75) is 140 Å². The Morgan fingerprint density at radius 2 is 1.58 bits per heavy atom. The Bertz CT molecular complexity index is 742. The molecule has 0 aromatic carbocycles. The van der Waals surface area contributed by atoms with E-state index < -0.39 is 0 Å². The number of hydrogen-bond donors (Lipinski definition) is 2. The molecule has 9 atom stereocenters. The first-order valence-electron chi connectivity index (χ1n) is 16.5. The number of allylic oxidation sites excluding steroid dienone is 2. The van der Waals surface area contributed by atoms with E-state index >= 15 is 0 Å². The lowest BCUT2D eigenvalue weighted by Gasteiger charge is -2.58. The summed E-state index contributed by atoms with van der Waals surface area (Å²) in [7, 11) is 1.50. The molecule has 0 bridgehead atoms. The highest BCUT2D eigenvalue weighted by Crippen LogP contribution is 2.66. The number of rotatable bonds is 4. The lowest BCUT2D eigenvalue weighted by atomic mass is 9.47. The Hall–Kier alpha value is -0.780. The summed E-state index contributed by atoms with van der Waals surface area (Å²) < 4.78 is 0. The molecule has 0 aromatic heterocycles. The van der Waals surface area contributed by atoms with E-state index in [-0.39, 0.29) is 6.15 Å². The first-order chi connectivity index (χ1) is 17.7. The minimum Gasteiger partial charge on any atom is -0.344 e. The Kier molecular flexibility index (Phi) is 16.8. The van der Waals surface area contributed by atoms with E-state index in [9.17, 15) is 0 Å². The average Bonchev–Trinajstić information content (AvgIpc) is 3.24. The second-order valence-corrected chi connectivity index (χ2v) is 13.1. The summed E-state index contributed by atoms with van der Waals surface area (Å²) in [6, 6.07) is 0. The third-order valence-corrected chi connectivity index (χ3v) is 11.2. The number of hydrogen-bond acceptors (Lipinski definition) is 2. The van der Waals surface area contributed by atoms with Crippen LogP contribution in [0.5, 0.6) is 0 Å². The molecule has 0 amide bonds. The van der Waals surface area contributed by atoms with Gasteiger partial charge in [-0.2, -0.15) is 0 Å². The SMILES string of the molecule is CC.CC.CCC(C(C)C)C(C)C#CCC1CCC2C3CC=C4CC(C)CCC4(C)C3CCC12C.CN.N. The summed E-state index contributed by atoms with van der Waals surface area (Å²) in [5.41, 5.74) is 7.42. The molecular formula is C36H70N2. The molecule has 3 fully saturated rings. The zero-order chi connectivity index (χ0) is 28.4. The van der Waals surface area contributed by atoms with E-state index in [1.54, 1.807) is 0 Å². The molecule has 3 saturated carbocycles. The van der Waals surface area contributed by atoms with Gasteiger partial charge in [0, 0.05) is 12.3 Å². The monoisotopic (exact) mass is 531 g/mol. The molecule has 4 rings (SSSR count). The fourth-order valence-electron chi connectivity index (χ4n) is 9.14. The first kappa shape index (κ1) is 37.2. The van der Waals surface area contributed by atoms with E-state index in [1.165, 1.54) is 64.8 Å². The number of fused-ring (bicyclic) bond motifs is 5. The smallest absolute Gasteiger partial charge is 0.0205 e. The van der Waals surface area contributed by atoms with Gasteiger partial charge >= 0.3 is 0 Å². The van der Waals surface area contributed by atoms with E-state index in [2.05, 4.69) is 72.1 Å². The van der Waals surface area contributed by atoms with Gasteiger partial charge in [0.25, 0.3) is 0 Å². The normalized spacial score (nSPS) is 36.2. The van der Waals surface area contributed by atoms with Crippen molar-refractivity contribution in [3.63, 3.8) is 0 Å². The van der Waals surface area contributed by atoms with Gasteiger partial charge in [0.2, 0.25) is 0 Å². The van der Waals surface area contributed by atoms with Gasteiger partial charge < -0.3 is 11.9 Å². The van der Waals surface area contributed by atoms with Crippen molar-refractivity contribution in [2.24, 2.45) is 63.9 Å². The molecule has 4 aliphatic carbocycles. The summed E-state index contributed by atoms with van der Waals surface area (Å²) in [5, 5.41) is 0. The van der Waals surface area contributed by atoms with Gasteiger partial charge in [-0.05, 0) is 111 Å². The van der Waals surface area contributed by atoms with Crippen LogP contribution in [0.4, 0.5) is 0 Å². The Balaban J connectivity index is 0.00000183. The Morgan fingerprint density at radius 1 is 0.947 bits per heavy atom. The summed E-state index contributed by atoms with van der Waals surface area (Å²) >= 11 is 0. The van der Waals surface area contributed by atoms with Crippen LogP contribution in [-0.2, 0) is 0 Å². The molecule has 2 heteroatoms. The lowest BCUT2D eigenvalue weighted by Crippen LogP contribution is -2.49. The topological polar surface area (TPSA) is 61.0 Å². The molecule has 0 aliphatic heterocycles. The fraction of sp³-hybridized carbons (Fsp3) is 0.889. The van der Waals surface area contributed by atoms with Gasteiger partial charge in [0.05, 0.1) is 0 Å². The van der Waals surface area contributed by atoms with E-state index in [4.69, 9.17) is 0 Å². The van der Waals surface area contributed by atoms with Crippen molar-refractivity contribution in [2.75, 3.05) is 7.05 Å². The van der Waals surface area contributed by atoms with Crippen LogP contribution >= 0.6 is 0 Å². The van der Waals surface area contributed by atoms with Crippen molar-refractivity contribution < 1.29 is 0 Å². The zero-order valence-corrected chi connectivity index (χ0v) is 28.1. The summed E-state index contributed by atoms with van der Waals surface area (Å²) in [4.78, 5) is 0. The third kappa shape index (κ3) is 7.69. The molecular weight excluding hydrogens is 460 g/mol. The van der Waals surface area contributed by atoms with Crippen LogP contribution in [0.15, 0.2) is 11.6 Å². The summed E-state index contributed by atoms with van der Waals surface area (Å²) in [6.45, 7) is 25.2. The predicted molar refractivity (Wildman–Crippen MR) is 172 cm³/mol. The maximum Gasteiger partial charge on any atom is 0.0205 e. The molecule has 0 aromatic rings. The highest BCUT2D eigenvalue weighted by Gasteiger charge is 2.58. The minimum absolute atomic E-state index is 0. The standard InChI is InChI=1S/C31H50.2C2H6.CH5N.H3N/c1-8-26(21(2)3)23(5)10-9-11-24-13-15-28-27-14-12-25-20-22(4)16-18-31(25,7)29(27)17-19-30(24,28)6;3*1-2;/h12,21-24,26-29H,8,11,13-20H2,1-7H3;2*1-2H3;2H2,1H3;1H3. The minimum atomic E-state index is 0. The molecule has 4 aliphatic rings. The average molecular weight is 531 g/mol. The van der Waals surface area contributed by atoms with Gasteiger partial charge in [0.1, 0.15) is 0 Å². The van der Waals surface area contributed by atoms with Gasteiger partial charge in [-0.25, -0.2) is 0 Å². The molecule has 0 saturated heterocycles. The second kappa shape index (κ2) is 17.1. The summed E-state index contributed by atoms with van der Waals surface area (Å²) in [5.74, 6) is 14.0. The van der Waals surface area contributed by atoms with Gasteiger partial charge in [-0.3, -0.25) is 0 Å². The van der Waals surface area contributed by atoms with Crippen LogP contribution in [0, 0.1) is 70.0 Å². The van der Waals surface area contributed by atoms with Crippen molar-refractivity contribution in [1.29, 1.82) is 0 Å². The van der Waals surface area contributed by atoms with Gasteiger partial charge in [-0.1, -0.05) is 100 Å². The Labute approximate surface area is 240 Å². The third-order valence-electron chi connectivity index (χ3n) is 11.2. The number of nitrogens with two attached hydrogens (primary N) is 1. The maximum absolute atomic E-state index is 4.50. The molecule has 0 spiro atoms. The van der Waals surface area contributed by atoms with Crippen LogP contribution in [0.2, 0.25) is 0 Å². The quantitative estimate of drug-likeness (QED) is 0.280. The van der Waals surface area contributed by atoms with E-state index in [1.807, 2.05) is 33.3 Å². The summed E-state index contributed by atoms with van der Waals surface area (Å²) in [6.07, 6.45) is 16.6. The van der Waals surface area contributed by atoms with Gasteiger partial charge in [-0.15, -0.1) is 5.92 Å². The molecule has 224 valence electrons. The first-order valence-corrected chi connectivity index (χ1v) is 16.5. The van der Waals surface area contributed by atoms with Crippen molar-refractivity contribution in [1.82, 2.24) is 6.15 Å². The molecule has 9 unspecified atom stereocenters. The van der Waals surface area contributed by atoms with Crippen LogP contribution < -0.4 is 11.9 Å². The lowest BCUT2D eigenvalue weighted by molar-refractivity contribution is -0.0429.